The van der Waals surface area contributed by atoms with E-state index in [0.717, 1.165) is 16.8 Å². The summed E-state index contributed by atoms with van der Waals surface area (Å²) in [6, 6.07) is 17.9. The van der Waals surface area contributed by atoms with Gasteiger partial charge in [-0.05, 0) is 65.8 Å². The molecule has 1 amide bonds. The first-order valence-corrected chi connectivity index (χ1v) is 12.4. The molecule has 1 aliphatic rings. The Morgan fingerprint density at radius 1 is 1.03 bits per heavy atom. The summed E-state index contributed by atoms with van der Waals surface area (Å²) in [6.07, 6.45) is 3.36. The number of nitrogens with zero attached hydrogens (tertiary/aromatic N) is 1. The SMILES string of the molecule is O=C(Nc1ccc2cccc(Cl)c2c1)[C@@H]1C[C@H]1c1ccc(S(=O)(=O)Nc2cccnc2)cc1F. The van der Waals surface area contributed by atoms with Crippen LogP contribution in [0.25, 0.3) is 10.8 Å². The molecule has 0 spiro atoms. The maximum Gasteiger partial charge on any atom is 0.262 e. The van der Waals surface area contributed by atoms with Gasteiger partial charge in [-0.15, -0.1) is 0 Å². The van der Waals surface area contributed by atoms with Crippen LogP contribution in [-0.2, 0) is 14.8 Å². The molecule has 34 heavy (non-hydrogen) atoms. The molecule has 1 saturated carbocycles. The first-order valence-electron chi connectivity index (χ1n) is 10.5. The number of benzene rings is 3. The Bertz CT molecular complexity index is 1510. The molecule has 0 radical (unpaired) electrons. The standard InChI is InChI=1S/C25H19ClFN3O3S/c26-23-5-1-3-15-6-7-16(11-20(15)23)29-25(31)22-13-21(22)19-9-8-18(12-24(19)27)34(32,33)30-17-4-2-10-28-14-17/h1-12,14,21-22,30H,13H2,(H,29,31)/t21-,22+/m0/s1. The van der Waals surface area contributed by atoms with Crippen LogP contribution in [0.1, 0.15) is 17.9 Å². The Morgan fingerprint density at radius 3 is 2.65 bits per heavy atom. The van der Waals surface area contributed by atoms with Crippen molar-refractivity contribution in [3.63, 3.8) is 0 Å². The van der Waals surface area contributed by atoms with E-state index in [9.17, 15) is 17.6 Å². The molecule has 5 rings (SSSR count). The zero-order chi connectivity index (χ0) is 23.9. The van der Waals surface area contributed by atoms with Crippen molar-refractivity contribution in [1.29, 1.82) is 0 Å². The minimum absolute atomic E-state index is 0.202. The number of rotatable bonds is 6. The molecule has 6 nitrogen and oxygen atoms in total. The van der Waals surface area contributed by atoms with E-state index >= 15 is 0 Å². The average Bonchev–Trinajstić information content (AvgIpc) is 3.61. The minimum atomic E-state index is -3.97. The second kappa shape index (κ2) is 8.70. The Hall–Kier alpha value is -3.49. The normalized spacial score (nSPS) is 17.4. The van der Waals surface area contributed by atoms with Gasteiger partial charge in [0.05, 0.1) is 16.8 Å². The van der Waals surface area contributed by atoms with Crippen molar-refractivity contribution in [3.8, 4) is 0 Å². The first kappa shape index (κ1) is 22.3. The third-order valence-corrected chi connectivity index (χ3v) is 7.53. The summed E-state index contributed by atoms with van der Waals surface area (Å²) in [5, 5.41) is 5.26. The smallest absolute Gasteiger partial charge is 0.262 e. The number of pyridine rings is 1. The van der Waals surface area contributed by atoms with Gasteiger partial charge in [0.2, 0.25) is 5.91 Å². The second-order valence-corrected chi connectivity index (χ2v) is 10.2. The highest BCUT2D eigenvalue weighted by Gasteiger charge is 2.45. The van der Waals surface area contributed by atoms with Crippen LogP contribution in [0.4, 0.5) is 15.8 Å². The molecular formula is C25H19ClFN3O3S. The van der Waals surface area contributed by atoms with Gasteiger partial charge in [-0.2, -0.15) is 0 Å². The lowest BCUT2D eigenvalue weighted by molar-refractivity contribution is -0.117. The monoisotopic (exact) mass is 495 g/mol. The fourth-order valence-electron chi connectivity index (χ4n) is 3.99. The number of aromatic nitrogens is 1. The van der Waals surface area contributed by atoms with Gasteiger partial charge in [0.25, 0.3) is 10.0 Å². The highest BCUT2D eigenvalue weighted by molar-refractivity contribution is 7.92. The quantitative estimate of drug-likeness (QED) is 0.366. The van der Waals surface area contributed by atoms with Crippen LogP contribution >= 0.6 is 11.6 Å². The van der Waals surface area contributed by atoms with Crippen LogP contribution in [0.2, 0.25) is 5.02 Å². The van der Waals surface area contributed by atoms with Crippen molar-refractivity contribution in [2.75, 3.05) is 10.0 Å². The molecule has 2 atom stereocenters. The van der Waals surface area contributed by atoms with Crippen LogP contribution in [-0.4, -0.2) is 19.3 Å². The number of carbonyl (C=O) groups is 1. The number of carbonyl (C=O) groups excluding carboxylic acids is 1. The third kappa shape index (κ3) is 4.47. The summed E-state index contributed by atoms with van der Waals surface area (Å²) < 4.78 is 42.3. The van der Waals surface area contributed by atoms with E-state index < -0.39 is 21.8 Å². The second-order valence-electron chi connectivity index (χ2n) is 8.14. The molecule has 0 saturated heterocycles. The van der Waals surface area contributed by atoms with Gasteiger partial charge in [0, 0.05) is 28.2 Å². The number of fused-ring (bicyclic) bond motifs is 1. The number of amides is 1. The van der Waals surface area contributed by atoms with Gasteiger partial charge in [-0.1, -0.05) is 35.9 Å². The van der Waals surface area contributed by atoms with Crippen molar-refractivity contribution in [2.45, 2.75) is 17.2 Å². The van der Waals surface area contributed by atoms with Crippen molar-refractivity contribution in [1.82, 2.24) is 4.98 Å². The summed E-state index contributed by atoms with van der Waals surface area (Å²) in [5.41, 5.74) is 1.21. The van der Waals surface area contributed by atoms with E-state index in [1.165, 1.54) is 24.5 Å². The fourth-order valence-corrected chi connectivity index (χ4v) is 5.28. The Kier molecular flexibility index (Phi) is 5.71. The molecule has 3 aromatic carbocycles. The van der Waals surface area contributed by atoms with Crippen molar-refractivity contribution >= 4 is 49.7 Å². The van der Waals surface area contributed by atoms with Gasteiger partial charge in [0.1, 0.15) is 5.82 Å². The van der Waals surface area contributed by atoms with E-state index in [-0.39, 0.29) is 22.4 Å². The van der Waals surface area contributed by atoms with E-state index in [1.807, 2.05) is 24.3 Å². The van der Waals surface area contributed by atoms with Gasteiger partial charge >= 0.3 is 0 Å². The summed E-state index contributed by atoms with van der Waals surface area (Å²) in [5.74, 6) is -1.59. The number of sulfonamides is 1. The summed E-state index contributed by atoms with van der Waals surface area (Å²) >= 11 is 6.25. The van der Waals surface area contributed by atoms with Crippen LogP contribution in [0, 0.1) is 11.7 Å². The Labute approximate surface area is 200 Å². The van der Waals surface area contributed by atoms with Crippen molar-refractivity contribution in [3.05, 3.63) is 95.5 Å². The summed E-state index contributed by atoms with van der Waals surface area (Å²) in [4.78, 5) is 16.4. The van der Waals surface area contributed by atoms with Gasteiger partial charge in [-0.25, -0.2) is 12.8 Å². The topological polar surface area (TPSA) is 88.2 Å². The summed E-state index contributed by atoms with van der Waals surface area (Å²) in [7, 11) is -3.97. The predicted octanol–water partition coefficient (Wildman–Crippen LogP) is 5.57. The van der Waals surface area contributed by atoms with E-state index in [4.69, 9.17) is 11.6 Å². The minimum Gasteiger partial charge on any atom is -0.326 e. The maximum atomic E-state index is 14.8. The fraction of sp³-hybridized carbons (Fsp3) is 0.120. The van der Waals surface area contributed by atoms with Crippen molar-refractivity contribution < 1.29 is 17.6 Å². The van der Waals surface area contributed by atoms with Crippen LogP contribution in [0.3, 0.4) is 0 Å². The molecule has 172 valence electrons. The maximum absolute atomic E-state index is 14.8. The molecule has 2 N–H and O–H groups in total. The van der Waals surface area contributed by atoms with E-state index in [2.05, 4.69) is 15.0 Å². The lowest BCUT2D eigenvalue weighted by atomic mass is 10.1. The molecule has 0 aliphatic heterocycles. The van der Waals surface area contributed by atoms with Crippen molar-refractivity contribution in [2.24, 2.45) is 5.92 Å². The first-order chi connectivity index (χ1) is 16.3. The number of hydrogen-bond donors (Lipinski definition) is 2. The predicted molar refractivity (Wildman–Crippen MR) is 130 cm³/mol. The molecule has 4 aromatic rings. The number of nitrogens with one attached hydrogen (secondary N) is 2. The van der Waals surface area contributed by atoms with Crippen LogP contribution in [0.5, 0.6) is 0 Å². The van der Waals surface area contributed by atoms with E-state index in [1.54, 1.807) is 24.3 Å². The molecular weight excluding hydrogens is 477 g/mol. The zero-order valence-corrected chi connectivity index (χ0v) is 19.3. The highest BCUT2D eigenvalue weighted by Crippen LogP contribution is 2.49. The molecule has 0 unspecified atom stereocenters. The number of anilines is 2. The van der Waals surface area contributed by atoms with Gasteiger partial charge in [0.15, 0.2) is 0 Å². The lowest BCUT2D eigenvalue weighted by Crippen LogP contribution is -2.15. The molecule has 1 aromatic heterocycles. The Morgan fingerprint density at radius 2 is 1.88 bits per heavy atom. The Balaban J connectivity index is 1.29. The number of halogens is 2. The molecule has 1 fully saturated rings. The van der Waals surface area contributed by atoms with Crippen LogP contribution < -0.4 is 10.0 Å². The molecule has 1 aliphatic carbocycles. The van der Waals surface area contributed by atoms with E-state index in [0.29, 0.717) is 22.7 Å². The third-order valence-electron chi connectivity index (χ3n) is 5.82. The highest BCUT2D eigenvalue weighted by atomic mass is 35.5. The average molecular weight is 496 g/mol. The summed E-state index contributed by atoms with van der Waals surface area (Å²) in [6.45, 7) is 0. The molecule has 0 bridgehead atoms. The largest absolute Gasteiger partial charge is 0.326 e. The van der Waals surface area contributed by atoms with Gasteiger partial charge in [-0.3, -0.25) is 14.5 Å². The lowest BCUT2D eigenvalue weighted by Gasteiger charge is -2.10. The molecule has 1 heterocycles. The van der Waals surface area contributed by atoms with Gasteiger partial charge < -0.3 is 5.32 Å². The molecule has 9 heteroatoms. The number of hydrogen-bond acceptors (Lipinski definition) is 4. The van der Waals surface area contributed by atoms with Crippen LogP contribution in [0.15, 0.2) is 84.0 Å². The zero-order valence-electron chi connectivity index (χ0n) is 17.7.